The number of ether oxygens (including phenoxy) is 1. The third-order valence-corrected chi connectivity index (χ3v) is 5.08. The van der Waals surface area contributed by atoms with Crippen LogP contribution in [0.3, 0.4) is 0 Å². The molecule has 0 unspecified atom stereocenters. The monoisotopic (exact) mass is 324 g/mol. The second-order valence-electron chi connectivity index (χ2n) is 6.38. The zero-order chi connectivity index (χ0) is 16.0. The largest absolute Gasteiger partial charge is 0.467 e. The van der Waals surface area contributed by atoms with Crippen LogP contribution in [0.5, 0.6) is 5.75 Å². The Kier molecular flexibility index (Phi) is 3.31. The average molecular weight is 324 g/mol. The number of thiocarbonyl (C=S) groups is 1. The van der Waals surface area contributed by atoms with E-state index in [1.54, 1.807) is 0 Å². The molecule has 2 aliphatic heterocycles. The van der Waals surface area contributed by atoms with Crippen molar-refractivity contribution in [1.29, 1.82) is 0 Å². The quantitative estimate of drug-likeness (QED) is 0.838. The maximum atomic E-state index is 6.38. The van der Waals surface area contributed by atoms with E-state index >= 15 is 0 Å². The van der Waals surface area contributed by atoms with Crippen LogP contribution >= 0.6 is 12.2 Å². The molecule has 2 aromatic rings. The zero-order valence-electron chi connectivity index (χ0n) is 13.4. The summed E-state index contributed by atoms with van der Waals surface area (Å²) in [4.78, 5) is 2.11. The van der Waals surface area contributed by atoms with Crippen LogP contribution in [0, 0.1) is 0 Å². The molecule has 2 bridgehead atoms. The van der Waals surface area contributed by atoms with Crippen molar-refractivity contribution in [1.82, 2.24) is 5.32 Å². The van der Waals surface area contributed by atoms with E-state index in [2.05, 4.69) is 54.4 Å². The van der Waals surface area contributed by atoms with Gasteiger partial charge in [-0.25, -0.2) is 0 Å². The maximum absolute atomic E-state index is 6.38. The van der Waals surface area contributed by atoms with Gasteiger partial charge in [-0.05, 0) is 49.3 Å². The second-order valence-corrected chi connectivity index (χ2v) is 6.76. The van der Waals surface area contributed by atoms with Gasteiger partial charge in [0.2, 0.25) is 0 Å². The summed E-state index contributed by atoms with van der Waals surface area (Å²) < 4.78 is 6.38. The van der Waals surface area contributed by atoms with E-state index in [4.69, 9.17) is 17.0 Å². The molecule has 23 heavy (non-hydrogen) atoms. The number of aryl methyl sites for hydroxylation is 1. The number of rotatable bonds is 2. The number of fused-ring (bicyclic) bond motifs is 4. The Bertz CT molecular complexity index is 758. The van der Waals surface area contributed by atoms with Gasteiger partial charge in [-0.15, -0.1) is 0 Å². The van der Waals surface area contributed by atoms with E-state index in [0.29, 0.717) is 0 Å². The molecule has 0 radical (unpaired) electrons. The average Bonchev–Trinajstić information content (AvgIpc) is 2.54. The summed E-state index contributed by atoms with van der Waals surface area (Å²) in [6.07, 6.45) is 1.89. The molecular weight excluding hydrogens is 304 g/mol. The highest BCUT2D eigenvalue weighted by atomic mass is 32.1. The summed E-state index contributed by atoms with van der Waals surface area (Å²) in [6, 6.07) is 17.0. The number of nitrogens with one attached hydrogen (secondary N) is 1. The molecule has 0 aromatic heterocycles. The van der Waals surface area contributed by atoms with Gasteiger partial charge in [-0.2, -0.15) is 0 Å². The molecule has 4 heteroatoms. The van der Waals surface area contributed by atoms with E-state index < -0.39 is 5.72 Å². The van der Waals surface area contributed by atoms with Crippen LogP contribution in [0.25, 0.3) is 0 Å². The highest BCUT2D eigenvalue weighted by Crippen LogP contribution is 2.45. The fraction of sp³-hybridized carbons (Fsp3) is 0.316. The maximum Gasteiger partial charge on any atom is 0.188 e. The Labute approximate surface area is 142 Å². The van der Waals surface area contributed by atoms with Gasteiger partial charge in [0.1, 0.15) is 5.75 Å². The van der Waals surface area contributed by atoms with Crippen molar-refractivity contribution in [3.05, 3.63) is 59.7 Å². The van der Waals surface area contributed by atoms with Gasteiger partial charge in [-0.1, -0.05) is 37.3 Å². The molecule has 0 amide bonds. The molecule has 2 atom stereocenters. The second kappa shape index (κ2) is 5.24. The van der Waals surface area contributed by atoms with E-state index in [1.807, 2.05) is 18.2 Å². The number of anilines is 1. The summed E-state index contributed by atoms with van der Waals surface area (Å²) in [5, 5.41) is 4.21. The van der Waals surface area contributed by atoms with Gasteiger partial charge in [0.25, 0.3) is 0 Å². The predicted octanol–water partition coefficient (Wildman–Crippen LogP) is 4.18. The van der Waals surface area contributed by atoms with Crippen molar-refractivity contribution < 1.29 is 4.74 Å². The molecule has 118 valence electrons. The minimum absolute atomic E-state index is 0.212. The third-order valence-electron chi connectivity index (χ3n) is 4.78. The number of hydrogen-bond acceptors (Lipinski definition) is 2. The fourth-order valence-corrected chi connectivity index (χ4v) is 4.03. The normalized spacial score (nSPS) is 25.4. The minimum atomic E-state index is -0.463. The van der Waals surface area contributed by atoms with Gasteiger partial charge in [-0.3, -0.25) is 4.90 Å². The Morgan fingerprint density at radius 2 is 1.96 bits per heavy atom. The summed E-state index contributed by atoms with van der Waals surface area (Å²) in [5.41, 5.74) is 3.12. The standard InChI is InChI=1S/C19H20N2OS/c1-3-13-8-10-14(11-9-13)21-18(23)20-16-12-19(21,2)22-17-7-5-4-6-15(16)17/h4-11,16H,3,12H2,1-2H3,(H,20,23)/t16-,19+/m1/s1. The first kappa shape index (κ1) is 14.5. The van der Waals surface area contributed by atoms with Crippen LogP contribution < -0.4 is 15.0 Å². The fourth-order valence-electron chi connectivity index (χ4n) is 3.59. The van der Waals surface area contributed by atoms with Crippen molar-refractivity contribution in [2.24, 2.45) is 0 Å². The first-order valence-electron chi connectivity index (χ1n) is 8.08. The first-order valence-corrected chi connectivity index (χ1v) is 8.49. The van der Waals surface area contributed by atoms with Gasteiger partial charge in [0, 0.05) is 17.7 Å². The molecule has 0 spiro atoms. The van der Waals surface area contributed by atoms with Gasteiger partial charge in [0.05, 0.1) is 6.04 Å². The van der Waals surface area contributed by atoms with Crippen LogP contribution in [-0.4, -0.2) is 10.8 Å². The lowest BCUT2D eigenvalue weighted by molar-refractivity contribution is 0.0498. The highest BCUT2D eigenvalue weighted by Gasteiger charge is 2.48. The van der Waals surface area contributed by atoms with E-state index in [-0.39, 0.29) is 6.04 Å². The van der Waals surface area contributed by atoms with E-state index in [9.17, 15) is 0 Å². The number of nitrogens with zero attached hydrogens (tertiary/aromatic N) is 1. The van der Waals surface area contributed by atoms with Crippen LogP contribution in [0.4, 0.5) is 5.69 Å². The molecule has 1 fully saturated rings. The summed E-state index contributed by atoms with van der Waals surface area (Å²) >= 11 is 5.66. The number of hydrogen-bond donors (Lipinski definition) is 1. The molecule has 4 rings (SSSR count). The smallest absolute Gasteiger partial charge is 0.188 e. The Hall–Kier alpha value is -2.07. The van der Waals surface area contributed by atoms with E-state index in [0.717, 1.165) is 29.4 Å². The summed E-state index contributed by atoms with van der Waals surface area (Å²) in [5.74, 6) is 0.941. The molecule has 0 saturated carbocycles. The lowest BCUT2D eigenvalue weighted by atomic mass is 9.90. The Morgan fingerprint density at radius 1 is 1.22 bits per heavy atom. The summed E-state index contributed by atoms with van der Waals surface area (Å²) in [7, 11) is 0. The van der Waals surface area contributed by atoms with Crippen LogP contribution in [0.15, 0.2) is 48.5 Å². The molecule has 3 nitrogen and oxygen atoms in total. The van der Waals surface area contributed by atoms with Gasteiger partial charge in [0.15, 0.2) is 10.8 Å². The molecule has 1 saturated heterocycles. The molecule has 1 N–H and O–H groups in total. The predicted molar refractivity (Wildman–Crippen MR) is 96.9 cm³/mol. The molecule has 0 aliphatic carbocycles. The topological polar surface area (TPSA) is 24.5 Å². The minimum Gasteiger partial charge on any atom is -0.467 e. The van der Waals surface area contributed by atoms with Crippen molar-refractivity contribution >= 4 is 23.0 Å². The van der Waals surface area contributed by atoms with Gasteiger partial charge < -0.3 is 10.1 Å². The lowest BCUT2D eigenvalue weighted by Crippen LogP contribution is -2.65. The number of benzene rings is 2. The summed E-state index contributed by atoms with van der Waals surface area (Å²) in [6.45, 7) is 4.28. The van der Waals surface area contributed by atoms with Crippen molar-refractivity contribution in [2.75, 3.05) is 4.90 Å². The van der Waals surface area contributed by atoms with Crippen molar-refractivity contribution in [3.8, 4) is 5.75 Å². The molecular formula is C19H20N2OS. The Balaban J connectivity index is 1.76. The van der Waals surface area contributed by atoms with Crippen LogP contribution in [0.1, 0.15) is 37.4 Å². The highest BCUT2D eigenvalue weighted by molar-refractivity contribution is 7.80. The van der Waals surface area contributed by atoms with E-state index in [1.165, 1.54) is 11.1 Å². The van der Waals surface area contributed by atoms with Crippen molar-refractivity contribution in [2.45, 2.75) is 38.5 Å². The van der Waals surface area contributed by atoms with Crippen LogP contribution in [0.2, 0.25) is 0 Å². The third kappa shape index (κ3) is 2.29. The zero-order valence-corrected chi connectivity index (χ0v) is 14.2. The van der Waals surface area contributed by atoms with Crippen LogP contribution in [-0.2, 0) is 6.42 Å². The molecule has 2 aromatic carbocycles. The van der Waals surface area contributed by atoms with Crippen molar-refractivity contribution in [3.63, 3.8) is 0 Å². The number of para-hydroxylation sites is 1. The first-order chi connectivity index (χ1) is 11.1. The Morgan fingerprint density at radius 3 is 2.70 bits per heavy atom. The SMILES string of the molecule is CCc1ccc(N2C(=S)N[C@@H]3C[C@]2(C)Oc2ccccc23)cc1. The lowest BCUT2D eigenvalue weighted by Gasteiger charge is -2.52. The van der Waals surface area contributed by atoms with Gasteiger partial charge >= 0.3 is 0 Å². The molecule has 2 heterocycles. The molecule has 2 aliphatic rings.